The molecule has 0 saturated carbocycles. The van der Waals surface area contributed by atoms with Crippen LogP contribution in [-0.2, 0) is 9.59 Å². The lowest BCUT2D eigenvalue weighted by molar-refractivity contribution is -0.144. The molecule has 4 aromatic rings. The number of aliphatic hydroxyl groups excluding tert-OH is 1. The molecular weight excluding hydrogens is 501 g/mol. The molecule has 2 unspecified atom stereocenters. The van der Waals surface area contributed by atoms with Crippen molar-refractivity contribution < 1.29 is 33.8 Å². The van der Waals surface area contributed by atoms with Crippen molar-refractivity contribution in [2.45, 2.75) is 26.2 Å². The number of aromatic carboxylic acids is 1. The largest absolute Gasteiger partial charge is 0.478 e. The highest BCUT2D eigenvalue weighted by molar-refractivity contribution is 6.35. The van der Waals surface area contributed by atoms with Crippen molar-refractivity contribution >= 4 is 46.3 Å². The Bertz CT molecular complexity index is 1670. The van der Waals surface area contributed by atoms with Crippen LogP contribution in [0.1, 0.15) is 39.1 Å². The van der Waals surface area contributed by atoms with Gasteiger partial charge in [0, 0.05) is 28.8 Å². The summed E-state index contributed by atoms with van der Waals surface area (Å²) in [5.74, 6) is -3.64. The first kappa shape index (κ1) is 24.6. The zero-order chi connectivity index (χ0) is 27.3. The topological polar surface area (TPSA) is 187 Å². The van der Waals surface area contributed by atoms with Gasteiger partial charge in [0.2, 0.25) is 11.9 Å². The lowest BCUT2D eigenvalue weighted by Gasteiger charge is -2.25. The van der Waals surface area contributed by atoms with Crippen molar-refractivity contribution in [3.63, 3.8) is 0 Å². The number of hydrogen-bond acceptors (Lipinski definition) is 8. The molecule has 2 atom stereocenters. The van der Waals surface area contributed by atoms with Crippen LogP contribution in [0.15, 0.2) is 36.5 Å². The molecule has 38 heavy (non-hydrogen) atoms. The number of nitrogens with zero attached hydrogens (tertiary/aromatic N) is 5. The minimum Gasteiger partial charge on any atom is -0.478 e. The predicted octanol–water partition coefficient (Wildman–Crippen LogP) is 1.05. The summed E-state index contributed by atoms with van der Waals surface area (Å²) in [5.41, 5.74) is 6.71. The number of primary amides is 1. The first-order valence-corrected chi connectivity index (χ1v) is 11.2. The fourth-order valence-electron chi connectivity index (χ4n) is 4.45. The third-order valence-electron chi connectivity index (χ3n) is 6.21. The summed E-state index contributed by atoms with van der Waals surface area (Å²) in [6, 6.07) is 6.97. The number of carboxylic acids is 1. The number of hydrogen-bond donors (Lipinski definition) is 4. The van der Waals surface area contributed by atoms with Crippen LogP contribution >= 0.6 is 0 Å². The molecule has 0 spiro atoms. The number of fused-ring (bicyclic) bond motifs is 2. The van der Waals surface area contributed by atoms with E-state index < -0.39 is 35.9 Å². The number of aliphatic hydroxyl groups is 1. The third kappa shape index (κ3) is 3.92. The van der Waals surface area contributed by atoms with Gasteiger partial charge in [-0.2, -0.15) is 0 Å². The Balaban J connectivity index is 1.74. The lowest BCUT2D eigenvalue weighted by Crippen LogP contribution is -2.43. The average molecular weight is 521 g/mol. The number of aromatic nitrogens is 5. The second-order valence-corrected chi connectivity index (χ2v) is 8.50. The van der Waals surface area contributed by atoms with E-state index in [0.717, 1.165) is 10.9 Å². The number of carbonyl (C=O) groups excluding carboxylic acids is 2. The van der Waals surface area contributed by atoms with E-state index in [2.05, 4.69) is 20.6 Å². The molecule has 1 aromatic carbocycles. The molecule has 13 nitrogen and oxygen atoms in total. The molecule has 0 aliphatic carbocycles. The van der Waals surface area contributed by atoms with E-state index in [1.165, 1.54) is 42.8 Å². The summed E-state index contributed by atoms with van der Waals surface area (Å²) in [6.07, 6.45) is -0.903. The Morgan fingerprint density at radius 2 is 2.03 bits per heavy atom. The number of halogens is 1. The first-order valence-electron chi connectivity index (χ1n) is 11.2. The van der Waals surface area contributed by atoms with Crippen LogP contribution in [0.25, 0.3) is 22.8 Å². The Kier molecular flexibility index (Phi) is 5.87. The average Bonchev–Trinajstić information content (AvgIpc) is 3.49. The second-order valence-electron chi connectivity index (χ2n) is 8.50. The van der Waals surface area contributed by atoms with Crippen LogP contribution in [0.3, 0.4) is 0 Å². The SMILES string of the molecule is Cc1c(C(=O)O)c(C)n(C(On2nnc3cccnc32)C(O)C(N)=O)c1C=C1C(=O)Nc2ccc(F)cc21. The third-order valence-corrected chi connectivity index (χ3v) is 6.21. The molecule has 1 aliphatic rings. The van der Waals surface area contributed by atoms with E-state index in [4.69, 9.17) is 10.6 Å². The summed E-state index contributed by atoms with van der Waals surface area (Å²) in [5, 5.41) is 31.1. The van der Waals surface area contributed by atoms with Gasteiger partial charge in [-0.3, -0.25) is 9.59 Å². The number of benzene rings is 1. The fourth-order valence-corrected chi connectivity index (χ4v) is 4.45. The highest BCUT2D eigenvalue weighted by atomic mass is 19.1. The predicted molar refractivity (Wildman–Crippen MR) is 130 cm³/mol. The summed E-state index contributed by atoms with van der Waals surface area (Å²) in [6.45, 7) is 2.92. The molecule has 0 radical (unpaired) electrons. The van der Waals surface area contributed by atoms with Gasteiger partial charge < -0.3 is 30.7 Å². The standard InChI is InChI=1S/C24H20FN7O6/c1-10-17(9-14-13-8-12(25)5-6-15(13)28-22(14)35)31(11(2)18(10)24(36)37)23(19(33)20(26)34)38-32-21-16(29-30-32)4-3-7-27-21/h3-9,19,23,33H,1-2H3,(H2,26,34)(H,28,35)(H,36,37). The van der Waals surface area contributed by atoms with E-state index in [0.29, 0.717) is 11.2 Å². The van der Waals surface area contributed by atoms with E-state index in [-0.39, 0.29) is 39.3 Å². The van der Waals surface area contributed by atoms with Gasteiger partial charge in [-0.1, -0.05) is 4.85 Å². The van der Waals surface area contributed by atoms with E-state index in [9.17, 15) is 29.0 Å². The number of carboxylic acid groups (broad SMARTS) is 1. The molecule has 4 heterocycles. The Morgan fingerprint density at radius 1 is 1.26 bits per heavy atom. The van der Waals surface area contributed by atoms with Crippen LogP contribution in [0, 0.1) is 19.7 Å². The quantitative estimate of drug-likeness (QED) is 0.258. The molecule has 5 rings (SSSR count). The van der Waals surface area contributed by atoms with Gasteiger partial charge in [0.1, 0.15) is 11.3 Å². The summed E-state index contributed by atoms with van der Waals surface area (Å²) in [7, 11) is 0. The van der Waals surface area contributed by atoms with E-state index in [1.54, 1.807) is 12.1 Å². The van der Waals surface area contributed by atoms with Gasteiger partial charge in [-0.05, 0) is 61.0 Å². The number of amides is 2. The van der Waals surface area contributed by atoms with Crippen molar-refractivity contribution in [2.75, 3.05) is 5.32 Å². The molecule has 2 amide bonds. The van der Waals surface area contributed by atoms with Crippen LogP contribution in [0.2, 0.25) is 0 Å². The maximum absolute atomic E-state index is 14.0. The number of rotatable bonds is 7. The van der Waals surface area contributed by atoms with Gasteiger partial charge in [0.25, 0.3) is 11.8 Å². The smallest absolute Gasteiger partial charge is 0.337 e. The lowest BCUT2D eigenvalue weighted by atomic mass is 10.0. The number of carbonyl (C=O) groups is 3. The molecule has 0 fully saturated rings. The van der Waals surface area contributed by atoms with Crippen molar-refractivity contribution in [1.82, 2.24) is 24.7 Å². The molecule has 1 aliphatic heterocycles. The molecular formula is C24H20FN7O6. The van der Waals surface area contributed by atoms with Gasteiger partial charge in [0.15, 0.2) is 6.10 Å². The highest BCUT2D eigenvalue weighted by Gasteiger charge is 2.36. The summed E-state index contributed by atoms with van der Waals surface area (Å²) >= 11 is 0. The number of nitrogens with one attached hydrogen (secondary N) is 1. The number of pyridine rings is 1. The highest BCUT2D eigenvalue weighted by Crippen LogP contribution is 2.36. The molecule has 0 saturated heterocycles. The van der Waals surface area contributed by atoms with Crippen molar-refractivity contribution in [3.8, 4) is 0 Å². The summed E-state index contributed by atoms with van der Waals surface area (Å²) in [4.78, 5) is 47.9. The zero-order valence-electron chi connectivity index (χ0n) is 19.9. The van der Waals surface area contributed by atoms with Crippen LogP contribution in [0.5, 0.6) is 0 Å². The fraction of sp³-hybridized carbons (Fsp3) is 0.167. The van der Waals surface area contributed by atoms with Gasteiger partial charge in [-0.15, -0.1) is 5.10 Å². The van der Waals surface area contributed by atoms with Crippen LogP contribution < -0.4 is 15.9 Å². The number of nitrogens with two attached hydrogens (primary N) is 1. The maximum Gasteiger partial charge on any atom is 0.337 e. The molecule has 3 aromatic heterocycles. The normalized spacial score (nSPS) is 15.4. The monoisotopic (exact) mass is 521 g/mol. The molecule has 0 bridgehead atoms. The minimum atomic E-state index is -2.01. The maximum atomic E-state index is 14.0. The molecule has 194 valence electrons. The number of anilines is 1. The van der Waals surface area contributed by atoms with Crippen LogP contribution in [-0.4, -0.2) is 58.8 Å². The Labute approximate surface area is 212 Å². The second kappa shape index (κ2) is 9.08. The van der Waals surface area contributed by atoms with Crippen molar-refractivity contribution in [1.29, 1.82) is 0 Å². The van der Waals surface area contributed by atoms with Gasteiger partial charge in [0.05, 0.1) is 11.1 Å². The Morgan fingerprint density at radius 3 is 2.74 bits per heavy atom. The molecule has 14 heteroatoms. The van der Waals surface area contributed by atoms with Gasteiger partial charge in [-0.25, -0.2) is 14.2 Å². The van der Waals surface area contributed by atoms with Gasteiger partial charge >= 0.3 is 5.97 Å². The van der Waals surface area contributed by atoms with Crippen LogP contribution in [0.4, 0.5) is 10.1 Å². The van der Waals surface area contributed by atoms with Crippen molar-refractivity contribution in [3.05, 3.63) is 70.4 Å². The minimum absolute atomic E-state index is 0.0264. The van der Waals surface area contributed by atoms with E-state index in [1.807, 2.05) is 0 Å². The van der Waals surface area contributed by atoms with E-state index >= 15 is 0 Å². The summed E-state index contributed by atoms with van der Waals surface area (Å²) < 4.78 is 15.2. The van der Waals surface area contributed by atoms with Crippen molar-refractivity contribution in [2.24, 2.45) is 5.73 Å². The Hall–Kier alpha value is -5.11. The zero-order valence-corrected chi connectivity index (χ0v) is 19.9. The first-order chi connectivity index (χ1) is 18.1. The molecule has 5 N–H and O–H groups in total.